The van der Waals surface area contributed by atoms with Crippen molar-refractivity contribution >= 4 is 18.1 Å². The molecule has 0 fully saturated rings. The number of aromatic nitrogens is 1. The molecule has 1 aliphatic heterocycles. The van der Waals surface area contributed by atoms with Gasteiger partial charge in [-0.1, -0.05) is 79.7 Å². The summed E-state index contributed by atoms with van der Waals surface area (Å²) in [5.41, 5.74) is 9.43. The molecule has 2 unspecified atom stereocenters. The van der Waals surface area contributed by atoms with Crippen LogP contribution in [0.1, 0.15) is 39.2 Å². The van der Waals surface area contributed by atoms with Gasteiger partial charge in [0.15, 0.2) is 11.9 Å². The van der Waals surface area contributed by atoms with Crippen LogP contribution in [-0.2, 0) is 6.42 Å². The summed E-state index contributed by atoms with van der Waals surface area (Å²) in [6, 6.07) is 34.0. The third-order valence-corrected chi connectivity index (χ3v) is 9.03. The number of nitrogens with zero attached hydrogens (tertiary/aromatic N) is 2. The van der Waals surface area contributed by atoms with Crippen molar-refractivity contribution in [2.45, 2.75) is 45.6 Å². The first-order valence-corrected chi connectivity index (χ1v) is 14.3. The Kier molecular flexibility index (Phi) is 7.90. The molecule has 0 saturated heterocycles. The summed E-state index contributed by atoms with van der Waals surface area (Å²) in [6.45, 7) is 19.8. The van der Waals surface area contributed by atoms with Gasteiger partial charge in [0, 0.05) is 34.5 Å². The van der Waals surface area contributed by atoms with Gasteiger partial charge in [0.05, 0.1) is 12.0 Å². The van der Waals surface area contributed by atoms with Crippen LogP contribution in [0.4, 0.5) is 5.69 Å². The summed E-state index contributed by atoms with van der Waals surface area (Å²) >= 11 is 0. The van der Waals surface area contributed by atoms with Gasteiger partial charge in [-0.25, -0.2) is 0 Å². The summed E-state index contributed by atoms with van der Waals surface area (Å²) in [7, 11) is 0. The third-order valence-electron chi connectivity index (χ3n) is 9.03. The fourth-order valence-electron chi connectivity index (χ4n) is 6.13. The number of hydrogen-bond donors (Lipinski definition) is 1. The first kappa shape index (κ1) is 28.0. The number of anilines is 1. The van der Waals surface area contributed by atoms with Crippen LogP contribution < -0.4 is 9.88 Å². The van der Waals surface area contributed by atoms with Crippen LogP contribution in [0.2, 0.25) is 0 Å². The highest BCUT2D eigenvalue weighted by molar-refractivity contribution is 5.67. The lowest BCUT2D eigenvalue weighted by molar-refractivity contribution is -0.571. The Bertz CT molecular complexity index is 1610. The van der Waals surface area contributed by atoms with E-state index in [-0.39, 0.29) is 5.41 Å². The molecular formula is C38H40N3+. The van der Waals surface area contributed by atoms with Crippen molar-refractivity contribution in [3.63, 3.8) is 0 Å². The Morgan fingerprint density at radius 2 is 1.54 bits per heavy atom. The molecule has 41 heavy (non-hydrogen) atoms. The van der Waals surface area contributed by atoms with Crippen LogP contribution >= 0.6 is 0 Å². The number of rotatable bonds is 6. The van der Waals surface area contributed by atoms with Crippen molar-refractivity contribution in [2.75, 3.05) is 5.32 Å². The van der Waals surface area contributed by atoms with E-state index in [9.17, 15) is 0 Å². The number of aliphatic imine (C=N–C) groups is 1. The zero-order valence-corrected chi connectivity index (χ0v) is 24.5. The molecule has 2 heterocycles. The number of pyridine rings is 1. The minimum Gasteiger partial charge on any atom is -0.356 e. The van der Waals surface area contributed by atoms with E-state index in [2.05, 4.69) is 154 Å². The van der Waals surface area contributed by atoms with Crippen molar-refractivity contribution < 1.29 is 4.57 Å². The first-order valence-electron chi connectivity index (χ1n) is 14.3. The fourth-order valence-corrected chi connectivity index (χ4v) is 6.13. The van der Waals surface area contributed by atoms with Crippen molar-refractivity contribution in [2.24, 2.45) is 10.4 Å². The molecule has 3 heteroatoms. The lowest BCUT2D eigenvalue weighted by Gasteiger charge is -2.45. The van der Waals surface area contributed by atoms with Gasteiger partial charge in [-0.05, 0) is 87.0 Å². The third kappa shape index (κ3) is 5.58. The first-order chi connectivity index (χ1) is 19.7. The molecule has 0 bridgehead atoms. The molecule has 3 aromatic carbocycles. The van der Waals surface area contributed by atoms with E-state index in [1.807, 2.05) is 6.07 Å². The molecule has 1 aliphatic rings. The molecule has 0 amide bonds. The topological polar surface area (TPSA) is 28.3 Å². The standard InChI is InChI=1S/C38H40N3/c1-28(26-29(2)40-34-21-19-32(20-22-34)31-14-8-7-9-15-31)37(4)24-23-33-16-10-11-17-35(33)36-18-12-13-25-41(36)30(3)27-38(37,5)39-6/h7-22,25-26,40H,2-3,6,23-24,27H2,1,4-5H3/q+1/b28-26+. The molecule has 0 radical (unpaired) electrons. The maximum Gasteiger partial charge on any atom is 0.218 e. The second-order valence-electron chi connectivity index (χ2n) is 11.5. The number of fused-ring (bicyclic) bond motifs is 3. The number of benzene rings is 3. The van der Waals surface area contributed by atoms with Crippen LogP contribution in [0, 0.1) is 5.41 Å². The molecule has 0 aliphatic carbocycles. The highest BCUT2D eigenvalue weighted by atomic mass is 15.0. The molecule has 0 spiro atoms. The highest BCUT2D eigenvalue weighted by Crippen LogP contribution is 2.49. The van der Waals surface area contributed by atoms with Gasteiger partial charge in [-0.2, -0.15) is 4.57 Å². The summed E-state index contributed by atoms with van der Waals surface area (Å²) < 4.78 is 2.21. The van der Waals surface area contributed by atoms with E-state index in [1.54, 1.807) is 0 Å². The second-order valence-corrected chi connectivity index (χ2v) is 11.5. The fraction of sp³-hybridized carbons (Fsp3) is 0.211. The number of aryl methyl sites for hydroxylation is 1. The zero-order valence-electron chi connectivity index (χ0n) is 24.5. The molecule has 2 atom stereocenters. The molecule has 5 rings (SSSR count). The molecule has 3 nitrogen and oxygen atoms in total. The lowest BCUT2D eigenvalue weighted by Crippen LogP contribution is -2.47. The van der Waals surface area contributed by atoms with Crippen molar-refractivity contribution in [1.29, 1.82) is 0 Å². The monoisotopic (exact) mass is 538 g/mol. The smallest absolute Gasteiger partial charge is 0.218 e. The Labute approximate surface area is 245 Å². The second kappa shape index (κ2) is 11.5. The van der Waals surface area contributed by atoms with E-state index in [4.69, 9.17) is 4.99 Å². The average molecular weight is 539 g/mol. The number of allylic oxidation sites excluding steroid dienone is 1. The SMILES string of the molecule is C=NC1(C)CC(=C)[n+]2ccccc2-c2ccccc2CCC1(C)/C(C)=C/C(=C)Nc1ccc(-c2ccccc2)cc1. The Morgan fingerprint density at radius 1 is 0.878 bits per heavy atom. The average Bonchev–Trinajstić information content (AvgIpc) is 3.00. The summed E-state index contributed by atoms with van der Waals surface area (Å²) in [4.78, 5) is 4.82. The van der Waals surface area contributed by atoms with Gasteiger partial charge in [0.2, 0.25) is 5.69 Å². The normalized spacial score (nSPS) is 20.9. The summed E-state index contributed by atoms with van der Waals surface area (Å²) in [5.74, 6) is 0. The Morgan fingerprint density at radius 3 is 2.27 bits per heavy atom. The zero-order chi connectivity index (χ0) is 29.0. The van der Waals surface area contributed by atoms with E-state index >= 15 is 0 Å². The Balaban J connectivity index is 1.46. The predicted molar refractivity (Wildman–Crippen MR) is 175 cm³/mol. The maximum absolute atomic E-state index is 4.82. The van der Waals surface area contributed by atoms with Gasteiger partial charge in [-0.15, -0.1) is 0 Å². The Hall–Kier alpha value is -4.50. The summed E-state index contributed by atoms with van der Waals surface area (Å²) in [6.07, 6.45) is 6.81. The van der Waals surface area contributed by atoms with Crippen molar-refractivity contribution in [3.05, 3.63) is 139 Å². The largest absolute Gasteiger partial charge is 0.356 e. The van der Waals surface area contributed by atoms with Crippen LogP contribution in [0.25, 0.3) is 28.1 Å². The number of nitrogens with one attached hydrogen (secondary N) is 1. The molecule has 4 aromatic rings. The van der Waals surface area contributed by atoms with Crippen LogP contribution in [-0.4, -0.2) is 12.3 Å². The molecule has 0 saturated carbocycles. The van der Waals surface area contributed by atoms with Crippen LogP contribution in [0.5, 0.6) is 0 Å². The lowest BCUT2D eigenvalue weighted by atomic mass is 9.62. The highest BCUT2D eigenvalue weighted by Gasteiger charge is 2.47. The quantitative estimate of drug-likeness (QED) is 0.148. The van der Waals surface area contributed by atoms with E-state index in [0.717, 1.165) is 35.6 Å². The van der Waals surface area contributed by atoms with Gasteiger partial charge in [0.25, 0.3) is 0 Å². The van der Waals surface area contributed by atoms with E-state index in [0.29, 0.717) is 6.42 Å². The van der Waals surface area contributed by atoms with Crippen LogP contribution in [0.3, 0.4) is 0 Å². The van der Waals surface area contributed by atoms with Gasteiger partial charge in [0.1, 0.15) is 0 Å². The molecule has 206 valence electrons. The van der Waals surface area contributed by atoms with Crippen molar-refractivity contribution in [3.8, 4) is 22.4 Å². The predicted octanol–water partition coefficient (Wildman–Crippen LogP) is 9.15. The van der Waals surface area contributed by atoms with Crippen molar-refractivity contribution in [1.82, 2.24) is 0 Å². The van der Waals surface area contributed by atoms with Gasteiger partial charge >= 0.3 is 0 Å². The van der Waals surface area contributed by atoms with Gasteiger partial charge in [-0.3, -0.25) is 4.99 Å². The van der Waals surface area contributed by atoms with E-state index in [1.165, 1.54) is 27.8 Å². The minimum absolute atomic E-state index is 0.292. The number of hydrogen-bond acceptors (Lipinski definition) is 2. The maximum atomic E-state index is 4.82. The minimum atomic E-state index is -0.478. The summed E-state index contributed by atoms with van der Waals surface area (Å²) in [5, 5.41) is 3.50. The molecule has 1 aromatic heterocycles. The van der Waals surface area contributed by atoms with Crippen LogP contribution in [0.15, 0.2) is 139 Å². The van der Waals surface area contributed by atoms with E-state index < -0.39 is 5.54 Å². The molecule has 1 N–H and O–H groups in total. The van der Waals surface area contributed by atoms with Gasteiger partial charge < -0.3 is 5.32 Å². The molecular weight excluding hydrogens is 498 g/mol.